The summed E-state index contributed by atoms with van der Waals surface area (Å²) in [5.74, 6) is 0.487. The molecule has 1 saturated heterocycles. The van der Waals surface area contributed by atoms with E-state index >= 15 is 0 Å². The molecule has 2 aromatic rings. The lowest BCUT2D eigenvalue weighted by molar-refractivity contribution is -0.121. The normalized spacial score (nSPS) is 17.2. The third-order valence-corrected chi connectivity index (χ3v) is 4.40. The van der Waals surface area contributed by atoms with Crippen molar-refractivity contribution in [2.24, 2.45) is 0 Å². The first-order chi connectivity index (χ1) is 12.1. The third kappa shape index (κ3) is 3.88. The Morgan fingerprint density at radius 3 is 2.40 bits per heavy atom. The number of nitrogens with one attached hydrogen (secondary N) is 1. The molecule has 5 nitrogen and oxygen atoms in total. The van der Waals surface area contributed by atoms with Crippen LogP contribution in [-0.4, -0.2) is 31.5 Å². The van der Waals surface area contributed by atoms with Crippen molar-refractivity contribution in [3.8, 4) is 5.75 Å². The van der Waals surface area contributed by atoms with E-state index in [0.717, 1.165) is 23.3 Å². The van der Waals surface area contributed by atoms with Crippen molar-refractivity contribution < 1.29 is 14.3 Å². The zero-order valence-corrected chi connectivity index (χ0v) is 14.5. The Kier molecular flexibility index (Phi) is 5.14. The van der Waals surface area contributed by atoms with E-state index in [0.29, 0.717) is 12.2 Å². The Labute approximate surface area is 147 Å². The highest BCUT2D eigenvalue weighted by Crippen LogP contribution is 2.23. The lowest BCUT2D eigenvalue weighted by Gasteiger charge is -2.16. The average Bonchev–Trinajstić information content (AvgIpc) is 2.90. The second-order valence-corrected chi connectivity index (χ2v) is 6.21. The fourth-order valence-electron chi connectivity index (χ4n) is 2.94. The van der Waals surface area contributed by atoms with E-state index in [1.165, 1.54) is 4.90 Å². The van der Waals surface area contributed by atoms with Gasteiger partial charge in [0, 0.05) is 0 Å². The lowest BCUT2D eigenvalue weighted by atomic mass is 10.1. The Morgan fingerprint density at radius 2 is 1.76 bits per heavy atom. The van der Waals surface area contributed by atoms with Gasteiger partial charge in [-0.25, -0.2) is 4.90 Å². The van der Waals surface area contributed by atoms with E-state index < -0.39 is 6.04 Å². The molecule has 3 rings (SSSR count). The molecular formula is C20H22N2O3. The average molecular weight is 338 g/mol. The summed E-state index contributed by atoms with van der Waals surface area (Å²) in [5.41, 5.74) is 2.89. The largest absolute Gasteiger partial charge is 0.497 e. The van der Waals surface area contributed by atoms with E-state index in [-0.39, 0.29) is 18.2 Å². The van der Waals surface area contributed by atoms with Gasteiger partial charge in [0.1, 0.15) is 5.75 Å². The topological polar surface area (TPSA) is 58.6 Å². The van der Waals surface area contributed by atoms with E-state index in [1.54, 1.807) is 7.11 Å². The molecule has 1 fully saturated rings. The Morgan fingerprint density at radius 1 is 1.08 bits per heavy atom. The molecule has 2 aromatic carbocycles. The van der Waals surface area contributed by atoms with Crippen molar-refractivity contribution in [1.82, 2.24) is 5.32 Å². The van der Waals surface area contributed by atoms with Crippen molar-refractivity contribution in [3.63, 3.8) is 0 Å². The minimum absolute atomic E-state index is 0.157. The van der Waals surface area contributed by atoms with Gasteiger partial charge in [-0.05, 0) is 49.7 Å². The van der Waals surface area contributed by atoms with Crippen molar-refractivity contribution in [1.29, 1.82) is 0 Å². The number of anilines is 1. The number of carbonyl (C=O) groups excluding carboxylic acids is 2. The zero-order valence-electron chi connectivity index (χ0n) is 14.5. The van der Waals surface area contributed by atoms with Crippen LogP contribution < -0.4 is 15.0 Å². The van der Waals surface area contributed by atoms with Gasteiger partial charge in [-0.1, -0.05) is 29.8 Å². The summed E-state index contributed by atoms with van der Waals surface area (Å²) < 4.78 is 5.14. The van der Waals surface area contributed by atoms with Gasteiger partial charge in [-0.15, -0.1) is 0 Å². The molecule has 2 amide bonds. The van der Waals surface area contributed by atoms with Crippen LogP contribution in [0.2, 0.25) is 0 Å². The van der Waals surface area contributed by atoms with Gasteiger partial charge in [-0.3, -0.25) is 9.59 Å². The maximum atomic E-state index is 12.6. The van der Waals surface area contributed by atoms with Crippen LogP contribution in [0.1, 0.15) is 17.5 Å². The van der Waals surface area contributed by atoms with Gasteiger partial charge in [0.25, 0.3) is 5.91 Å². The first-order valence-electron chi connectivity index (χ1n) is 8.38. The summed E-state index contributed by atoms with van der Waals surface area (Å²) >= 11 is 0. The lowest BCUT2D eigenvalue weighted by Crippen LogP contribution is -2.39. The van der Waals surface area contributed by atoms with Crippen LogP contribution in [0.4, 0.5) is 5.69 Å². The number of amides is 2. The van der Waals surface area contributed by atoms with Gasteiger partial charge < -0.3 is 10.1 Å². The second-order valence-electron chi connectivity index (χ2n) is 6.21. The number of nitrogens with zero attached hydrogens (tertiary/aromatic N) is 1. The number of carbonyl (C=O) groups is 2. The summed E-state index contributed by atoms with van der Waals surface area (Å²) in [6, 6.07) is 14.8. The van der Waals surface area contributed by atoms with Gasteiger partial charge in [0.05, 0.1) is 25.3 Å². The van der Waals surface area contributed by atoms with Crippen LogP contribution >= 0.6 is 0 Å². The van der Waals surface area contributed by atoms with E-state index in [9.17, 15) is 9.59 Å². The molecule has 1 N–H and O–H groups in total. The highest BCUT2D eigenvalue weighted by atomic mass is 16.5. The first kappa shape index (κ1) is 17.2. The first-order valence-corrected chi connectivity index (χ1v) is 8.38. The van der Waals surface area contributed by atoms with Crippen LogP contribution in [0.5, 0.6) is 5.75 Å². The molecule has 1 aliphatic rings. The zero-order chi connectivity index (χ0) is 17.8. The highest BCUT2D eigenvalue weighted by molar-refractivity contribution is 6.22. The summed E-state index contributed by atoms with van der Waals surface area (Å²) in [6.45, 7) is 2.61. The number of methoxy groups -OCH3 is 1. The summed E-state index contributed by atoms with van der Waals surface area (Å²) in [7, 11) is 1.64. The Balaban J connectivity index is 1.57. The maximum Gasteiger partial charge on any atom is 0.251 e. The van der Waals surface area contributed by atoms with Crippen molar-refractivity contribution >= 4 is 17.5 Å². The van der Waals surface area contributed by atoms with Crippen LogP contribution in [0.3, 0.4) is 0 Å². The van der Waals surface area contributed by atoms with Gasteiger partial charge in [0.2, 0.25) is 5.91 Å². The number of ether oxygens (including phenoxy) is 1. The highest BCUT2D eigenvalue weighted by Gasteiger charge is 2.39. The molecule has 25 heavy (non-hydrogen) atoms. The minimum Gasteiger partial charge on any atom is -0.497 e. The monoisotopic (exact) mass is 338 g/mol. The predicted octanol–water partition coefficient (Wildman–Crippen LogP) is 2.47. The molecule has 0 aliphatic carbocycles. The SMILES string of the molecule is COc1ccc(CCNC2CC(=O)N(c3ccc(C)cc3)C2=O)cc1. The predicted molar refractivity (Wildman–Crippen MR) is 96.8 cm³/mol. The molecule has 0 radical (unpaired) electrons. The van der Waals surface area contributed by atoms with Crippen molar-refractivity contribution in [3.05, 3.63) is 59.7 Å². The van der Waals surface area contributed by atoms with Crippen molar-refractivity contribution in [2.75, 3.05) is 18.6 Å². The minimum atomic E-state index is -0.452. The Bertz CT molecular complexity index is 754. The third-order valence-electron chi connectivity index (χ3n) is 4.40. The maximum absolute atomic E-state index is 12.6. The van der Waals surface area contributed by atoms with E-state index in [2.05, 4.69) is 5.32 Å². The van der Waals surface area contributed by atoms with Crippen LogP contribution in [-0.2, 0) is 16.0 Å². The summed E-state index contributed by atoms with van der Waals surface area (Å²) in [4.78, 5) is 26.1. The number of hydrogen-bond acceptors (Lipinski definition) is 4. The number of rotatable bonds is 6. The molecule has 5 heteroatoms. The standard InChI is InChI=1S/C20H22N2O3/c1-14-3-7-16(8-4-14)22-19(23)13-18(20(22)24)21-12-11-15-5-9-17(25-2)10-6-15/h3-10,18,21H,11-13H2,1-2H3. The smallest absolute Gasteiger partial charge is 0.251 e. The van der Waals surface area contributed by atoms with Gasteiger partial charge in [0.15, 0.2) is 0 Å². The molecule has 0 bridgehead atoms. The van der Waals surface area contributed by atoms with Crippen LogP contribution in [0, 0.1) is 6.92 Å². The van der Waals surface area contributed by atoms with Crippen LogP contribution in [0.15, 0.2) is 48.5 Å². The van der Waals surface area contributed by atoms with E-state index in [1.807, 2.05) is 55.5 Å². The molecule has 130 valence electrons. The van der Waals surface area contributed by atoms with Crippen LogP contribution in [0.25, 0.3) is 0 Å². The summed E-state index contributed by atoms with van der Waals surface area (Å²) in [6.07, 6.45) is 0.988. The molecule has 0 spiro atoms. The number of imide groups is 1. The molecular weight excluding hydrogens is 316 g/mol. The molecule has 1 aliphatic heterocycles. The number of aryl methyl sites for hydroxylation is 1. The van der Waals surface area contributed by atoms with Crippen molar-refractivity contribution in [2.45, 2.75) is 25.8 Å². The number of benzene rings is 2. The van der Waals surface area contributed by atoms with E-state index in [4.69, 9.17) is 4.74 Å². The molecule has 1 atom stereocenters. The quantitative estimate of drug-likeness (QED) is 0.822. The molecule has 0 aromatic heterocycles. The second kappa shape index (κ2) is 7.49. The van der Waals surface area contributed by atoms with Gasteiger partial charge in [-0.2, -0.15) is 0 Å². The molecule has 0 saturated carbocycles. The molecule has 1 unspecified atom stereocenters. The number of hydrogen-bond donors (Lipinski definition) is 1. The Hall–Kier alpha value is -2.66. The summed E-state index contributed by atoms with van der Waals surface area (Å²) in [5, 5.41) is 3.21. The fraction of sp³-hybridized carbons (Fsp3) is 0.300. The fourth-order valence-corrected chi connectivity index (χ4v) is 2.94. The van der Waals surface area contributed by atoms with Gasteiger partial charge >= 0.3 is 0 Å². The molecule has 1 heterocycles.